The number of amides is 2. The maximum Gasteiger partial charge on any atom is 0.427 e. The van der Waals surface area contributed by atoms with E-state index in [1.807, 2.05) is 0 Å². The van der Waals surface area contributed by atoms with Crippen molar-refractivity contribution in [3.05, 3.63) is 6.33 Å². The van der Waals surface area contributed by atoms with Crippen LogP contribution in [0.15, 0.2) is 6.33 Å². The second-order valence-electron chi connectivity index (χ2n) is 10.3. The Labute approximate surface area is 199 Å². The number of imidazole rings is 1. The van der Waals surface area contributed by atoms with Crippen LogP contribution in [0.3, 0.4) is 0 Å². The van der Waals surface area contributed by atoms with Crippen molar-refractivity contribution in [2.24, 2.45) is 0 Å². The lowest BCUT2D eigenvalue weighted by Crippen LogP contribution is -2.44. The fourth-order valence-corrected chi connectivity index (χ4v) is 4.06. The Bertz CT molecular complexity index is 1070. The second-order valence-corrected chi connectivity index (χ2v) is 13.8. The summed E-state index contributed by atoms with van der Waals surface area (Å²) in [5.41, 5.74) is -1.37. The minimum Gasteiger partial charge on any atom is -0.479 e. The molecule has 0 saturated heterocycles. The SMILES string of the molecule is COc1nc(N(C(=O)OC(C)(C)C)C(=O)OC(C)(C)C)nc2c1ncn2C[C@@H](O)CP(C)(C)=O. The van der Waals surface area contributed by atoms with Crippen LogP contribution in [0.5, 0.6) is 5.88 Å². The van der Waals surface area contributed by atoms with Crippen LogP contribution in [0.1, 0.15) is 41.5 Å². The quantitative estimate of drug-likeness (QED) is 0.586. The fourth-order valence-electron chi connectivity index (χ4n) is 2.93. The van der Waals surface area contributed by atoms with Crippen LogP contribution in [0.4, 0.5) is 15.5 Å². The Kier molecular flexibility index (Phi) is 7.99. The summed E-state index contributed by atoms with van der Waals surface area (Å²) in [6, 6.07) is 0. The summed E-state index contributed by atoms with van der Waals surface area (Å²) in [7, 11) is -1.12. The van der Waals surface area contributed by atoms with Gasteiger partial charge in [-0.1, -0.05) is 0 Å². The van der Waals surface area contributed by atoms with Gasteiger partial charge in [0.2, 0.25) is 11.8 Å². The van der Waals surface area contributed by atoms with Crippen molar-refractivity contribution in [2.75, 3.05) is 31.5 Å². The summed E-state index contributed by atoms with van der Waals surface area (Å²) in [4.78, 5) is 39.3. The Hall–Kier alpha value is -2.72. The molecule has 190 valence electrons. The molecule has 12 nitrogen and oxygen atoms in total. The van der Waals surface area contributed by atoms with Crippen LogP contribution in [-0.2, 0) is 20.6 Å². The number of aliphatic hydroxyl groups excluding tert-OH is 1. The number of aliphatic hydroxyl groups is 1. The van der Waals surface area contributed by atoms with Gasteiger partial charge in [-0.3, -0.25) is 0 Å². The lowest BCUT2D eigenvalue weighted by Gasteiger charge is -2.27. The molecule has 0 radical (unpaired) electrons. The van der Waals surface area contributed by atoms with Crippen molar-refractivity contribution in [1.29, 1.82) is 0 Å². The van der Waals surface area contributed by atoms with Gasteiger partial charge in [0.15, 0.2) is 11.2 Å². The van der Waals surface area contributed by atoms with E-state index >= 15 is 0 Å². The normalized spacial score (nSPS) is 13.5. The lowest BCUT2D eigenvalue weighted by atomic mass is 10.2. The highest BCUT2D eigenvalue weighted by Crippen LogP contribution is 2.36. The van der Waals surface area contributed by atoms with E-state index in [4.69, 9.17) is 14.2 Å². The highest BCUT2D eigenvalue weighted by molar-refractivity contribution is 7.62. The van der Waals surface area contributed by atoms with E-state index in [-0.39, 0.29) is 35.7 Å². The molecule has 0 bridgehead atoms. The van der Waals surface area contributed by atoms with Crippen LogP contribution in [-0.4, -0.2) is 80.7 Å². The number of imide groups is 1. The first-order chi connectivity index (χ1) is 15.4. The average molecular weight is 500 g/mol. The van der Waals surface area contributed by atoms with Gasteiger partial charge in [-0.05, 0) is 54.9 Å². The van der Waals surface area contributed by atoms with Gasteiger partial charge in [-0.2, -0.15) is 9.97 Å². The molecule has 0 aromatic carbocycles. The van der Waals surface area contributed by atoms with Crippen LogP contribution in [0.25, 0.3) is 11.2 Å². The Balaban J connectivity index is 2.59. The molecular weight excluding hydrogens is 465 g/mol. The van der Waals surface area contributed by atoms with Gasteiger partial charge in [0, 0.05) is 6.16 Å². The van der Waals surface area contributed by atoms with E-state index in [1.54, 1.807) is 54.9 Å². The fraction of sp³-hybridized carbons (Fsp3) is 0.667. The van der Waals surface area contributed by atoms with Crippen LogP contribution in [0.2, 0.25) is 0 Å². The maximum absolute atomic E-state index is 13.0. The van der Waals surface area contributed by atoms with Crippen molar-refractivity contribution in [2.45, 2.75) is 65.4 Å². The number of aromatic nitrogens is 4. The van der Waals surface area contributed by atoms with Crippen molar-refractivity contribution in [3.8, 4) is 5.88 Å². The standard InChI is InChI=1S/C21H34N5O7P/c1-20(2,3)32-18(28)26(19(29)33-21(4,5)6)17-23-15-14(16(24-17)31-7)22-12-25(15)10-13(27)11-34(8,9)30/h12-13,27H,10-11H2,1-9H3/t13-/m1/s1. The van der Waals surface area contributed by atoms with Gasteiger partial charge < -0.3 is 28.4 Å². The van der Waals surface area contributed by atoms with Crippen molar-refractivity contribution in [3.63, 3.8) is 0 Å². The molecule has 1 N–H and O–H groups in total. The monoisotopic (exact) mass is 499 g/mol. The van der Waals surface area contributed by atoms with Crippen LogP contribution >= 0.6 is 7.14 Å². The van der Waals surface area contributed by atoms with E-state index in [2.05, 4.69) is 15.0 Å². The van der Waals surface area contributed by atoms with Crippen LogP contribution in [0, 0.1) is 0 Å². The largest absolute Gasteiger partial charge is 0.479 e. The molecular formula is C21H34N5O7P. The zero-order valence-corrected chi connectivity index (χ0v) is 22.0. The van der Waals surface area contributed by atoms with E-state index < -0.39 is 36.6 Å². The van der Waals surface area contributed by atoms with Crippen LogP contribution < -0.4 is 9.64 Å². The third-order valence-electron chi connectivity index (χ3n) is 4.02. The molecule has 1 atom stereocenters. The summed E-state index contributed by atoms with van der Waals surface area (Å²) in [5.74, 6) is -0.345. The summed E-state index contributed by atoms with van der Waals surface area (Å²) in [5, 5.41) is 10.4. The number of rotatable bonds is 6. The molecule has 0 saturated carbocycles. The predicted molar refractivity (Wildman–Crippen MR) is 127 cm³/mol. The first-order valence-electron chi connectivity index (χ1n) is 10.7. The van der Waals surface area contributed by atoms with Crippen molar-refractivity contribution >= 4 is 36.4 Å². The smallest absolute Gasteiger partial charge is 0.427 e. The molecule has 2 rings (SSSR count). The van der Waals surface area contributed by atoms with Gasteiger partial charge in [0.05, 0.1) is 33.2 Å². The lowest BCUT2D eigenvalue weighted by molar-refractivity contribution is 0.0427. The third kappa shape index (κ3) is 7.66. The second kappa shape index (κ2) is 9.87. The van der Waals surface area contributed by atoms with Crippen molar-refractivity contribution < 1.29 is 33.5 Å². The molecule has 0 fully saturated rings. The predicted octanol–water partition coefficient (Wildman–Crippen LogP) is 3.50. The average Bonchev–Trinajstić information content (AvgIpc) is 2.99. The number of carbonyl (C=O) groups is 2. The van der Waals surface area contributed by atoms with E-state index in [1.165, 1.54) is 18.0 Å². The molecule has 2 aromatic heterocycles. The Morgan fingerprint density at radius 1 is 1.09 bits per heavy atom. The van der Waals surface area contributed by atoms with Gasteiger partial charge >= 0.3 is 12.2 Å². The first kappa shape index (κ1) is 27.5. The van der Waals surface area contributed by atoms with Gasteiger partial charge in [0.25, 0.3) is 0 Å². The number of fused-ring (bicyclic) bond motifs is 1. The first-order valence-corrected chi connectivity index (χ1v) is 13.4. The number of carbonyl (C=O) groups excluding carboxylic acids is 2. The molecule has 0 aliphatic heterocycles. The van der Waals surface area contributed by atoms with Crippen molar-refractivity contribution in [1.82, 2.24) is 19.5 Å². The van der Waals surface area contributed by atoms with Gasteiger partial charge in [0.1, 0.15) is 11.2 Å². The Morgan fingerprint density at radius 3 is 2.06 bits per heavy atom. The molecule has 2 amide bonds. The topological polar surface area (TPSA) is 146 Å². The maximum atomic E-state index is 13.0. The number of methoxy groups -OCH3 is 1. The summed E-state index contributed by atoms with van der Waals surface area (Å²) in [6.07, 6.45) is -1.49. The Morgan fingerprint density at radius 2 is 1.62 bits per heavy atom. The third-order valence-corrected chi connectivity index (χ3v) is 5.32. The van der Waals surface area contributed by atoms with E-state index in [0.717, 1.165) is 0 Å². The molecule has 2 aromatic rings. The molecule has 13 heteroatoms. The molecule has 34 heavy (non-hydrogen) atoms. The zero-order chi connectivity index (χ0) is 26.1. The van der Waals surface area contributed by atoms with Gasteiger partial charge in [-0.15, -0.1) is 4.90 Å². The number of anilines is 1. The minimum absolute atomic E-state index is 0.00186. The van der Waals surface area contributed by atoms with E-state index in [9.17, 15) is 19.3 Å². The highest BCUT2D eigenvalue weighted by atomic mass is 31.2. The molecule has 0 spiro atoms. The minimum atomic E-state index is -2.48. The molecule has 0 aliphatic rings. The molecule has 0 unspecified atom stereocenters. The summed E-state index contributed by atoms with van der Waals surface area (Å²) >= 11 is 0. The number of hydrogen-bond donors (Lipinski definition) is 1. The molecule has 0 aliphatic carbocycles. The van der Waals surface area contributed by atoms with E-state index in [0.29, 0.717) is 4.90 Å². The number of hydrogen-bond acceptors (Lipinski definition) is 10. The zero-order valence-electron chi connectivity index (χ0n) is 21.1. The number of nitrogens with zero attached hydrogens (tertiary/aromatic N) is 5. The molecule has 2 heterocycles. The van der Waals surface area contributed by atoms with Gasteiger partial charge in [-0.25, -0.2) is 14.6 Å². The summed E-state index contributed by atoms with van der Waals surface area (Å²) in [6.45, 7) is 13.1. The number of ether oxygens (including phenoxy) is 3. The highest BCUT2D eigenvalue weighted by Gasteiger charge is 2.36. The summed E-state index contributed by atoms with van der Waals surface area (Å²) < 4.78 is 29.7.